The molecule has 0 fully saturated rings. The number of carbonyl (C=O) groups excluding carboxylic acids is 1. The Hall–Kier alpha value is -4.85. The van der Waals surface area contributed by atoms with Gasteiger partial charge in [0, 0.05) is 46.0 Å². The standard InChI is InChI=1S/C25H21N7O/c33-25(30-18-5-2-1-3-6-18)31-20-8-4-7-19(16-20)29-24-27-14-12-23(32-24)28-21-9-10-22-17(15-21)11-13-26-22/h1-16,26H,(H2,30,31,33)(H2,27,28,29,32). The molecule has 3 aromatic carbocycles. The molecule has 0 saturated heterocycles. The first-order chi connectivity index (χ1) is 16.2. The number of rotatable bonds is 6. The Bertz CT molecular complexity index is 1400. The van der Waals surface area contributed by atoms with Crippen molar-refractivity contribution in [3.63, 3.8) is 0 Å². The molecule has 0 aliphatic heterocycles. The van der Waals surface area contributed by atoms with Gasteiger partial charge in [0.1, 0.15) is 5.82 Å². The number of amides is 2. The van der Waals surface area contributed by atoms with Crippen molar-refractivity contribution in [2.24, 2.45) is 0 Å². The second-order valence-electron chi connectivity index (χ2n) is 7.32. The molecule has 0 atom stereocenters. The molecule has 0 bridgehead atoms. The minimum absolute atomic E-state index is 0.319. The number of nitrogens with zero attached hydrogens (tertiary/aromatic N) is 2. The molecule has 5 rings (SSSR count). The smallest absolute Gasteiger partial charge is 0.323 e. The summed E-state index contributed by atoms with van der Waals surface area (Å²) >= 11 is 0. The largest absolute Gasteiger partial charge is 0.361 e. The Morgan fingerprint density at radius 3 is 2.42 bits per heavy atom. The molecule has 2 aromatic heterocycles. The summed E-state index contributed by atoms with van der Waals surface area (Å²) in [6, 6.07) is 26.2. The Morgan fingerprint density at radius 1 is 0.727 bits per heavy atom. The van der Waals surface area contributed by atoms with Gasteiger partial charge in [-0.2, -0.15) is 4.98 Å². The summed E-state index contributed by atoms with van der Waals surface area (Å²) in [7, 11) is 0. The van der Waals surface area contributed by atoms with E-state index >= 15 is 0 Å². The van der Waals surface area contributed by atoms with Crippen molar-refractivity contribution in [1.82, 2.24) is 15.0 Å². The molecule has 0 aliphatic carbocycles. The fourth-order valence-electron chi connectivity index (χ4n) is 3.39. The lowest BCUT2D eigenvalue weighted by molar-refractivity contribution is 0.262. The Labute approximate surface area is 190 Å². The molecule has 0 saturated carbocycles. The van der Waals surface area contributed by atoms with Crippen molar-refractivity contribution in [3.05, 3.63) is 97.3 Å². The molecular weight excluding hydrogens is 414 g/mol. The molecule has 5 aromatic rings. The summed E-state index contributed by atoms with van der Waals surface area (Å²) in [5.41, 5.74) is 4.12. The van der Waals surface area contributed by atoms with Crippen LogP contribution in [0.15, 0.2) is 97.3 Å². The highest BCUT2D eigenvalue weighted by molar-refractivity contribution is 6.00. The zero-order valence-corrected chi connectivity index (χ0v) is 17.5. The maximum absolute atomic E-state index is 12.3. The van der Waals surface area contributed by atoms with Gasteiger partial charge in [-0.15, -0.1) is 0 Å². The quantitative estimate of drug-likeness (QED) is 0.222. The molecule has 33 heavy (non-hydrogen) atoms. The van der Waals surface area contributed by atoms with Crippen LogP contribution >= 0.6 is 0 Å². The summed E-state index contributed by atoms with van der Waals surface area (Å²) in [4.78, 5) is 24.3. The fourth-order valence-corrected chi connectivity index (χ4v) is 3.39. The molecular formula is C25H21N7O. The van der Waals surface area contributed by atoms with Crippen LogP contribution < -0.4 is 21.3 Å². The number of benzene rings is 3. The van der Waals surface area contributed by atoms with Crippen LogP contribution in [0.4, 0.5) is 39.3 Å². The first-order valence-electron chi connectivity index (χ1n) is 10.4. The molecule has 0 aliphatic rings. The lowest BCUT2D eigenvalue weighted by Gasteiger charge is -2.11. The second kappa shape index (κ2) is 9.11. The van der Waals surface area contributed by atoms with Gasteiger partial charge in [0.05, 0.1) is 0 Å². The number of urea groups is 1. The summed E-state index contributed by atoms with van der Waals surface area (Å²) in [5, 5.41) is 13.2. The van der Waals surface area contributed by atoms with Crippen molar-refractivity contribution in [3.8, 4) is 0 Å². The fraction of sp³-hybridized carbons (Fsp3) is 0. The van der Waals surface area contributed by atoms with Crippen molar-refractivity contribution < 1.29 is 4.79 Å². The second-order valence-corrected chi connectivity index (χ2v) is 7.32. The number of fused-ring (bicyclic) bond motifs is 1. The van der Waals surface area contributed by atoms with Crippen LogP contribution in [0.3, 0.4) is 0 Å². The van der Waals surface area contributed by atoms with Gasteiger partial charge in [-0.25, -0.2) is 9.78 Å². The zero-order chi connectivity index (χ0) is 22.5. The van der Waals surface area contributed by atoms with E-state index in [-0.39, 0.29) is 6.03 Å². The van der Waals surface area contributed by atoms with Crippen LogP contribution in [-0.4, -0.2) is 21.0 Å². The number of hydrogen-bond donors (Lipinski definition) is 5. The molecule has 5 N–H and O–H groups in total. The first kappa shape index (κ1) is 20.1. The minimum atomic E-state index is -0.319. The molecule has 8 nitrogen and oxygen atoms in total. The van der Waals surface area contributed by atoms with Crippen LogP contribution in [-0.2, 0) is 0 Å². The van der Waals surface area contributed by atoms with E-state index < -0.39 is 0 Å². The summed E-state index contributed by atoms with van der Waals surface area (Å²) in [6.45, 7) is 0. The Kier molecular flexibility index (Phi) is 5.54. The van der Waals surface area contributed by atoms with E-state index in [0.29, 0.717) is 17.5 Å². The van der Waals surface area contributed by atoms with Gasteiger partial charge in [-0.05, 0) is 60.7 Å². The van der Waals surface area contributed by atoms with Crippen molar-refractivity contribution >= 4 is 51.4 Å². The summed E-state index contributed by atoms with van der Waals surface area (Å²) < 4.78 is 0. The van der Waals surface area contributed by atoms with E-state index in [4.69, 9.17) is 0 Å². The van der Waals surface area contributed by atoms with E-state index in [0.717, 1.165) is 28.0 Å². The number of aromatic amines is 1. The number of para-hydroxylation sites is 1. The number of anilines is 6. The average molecular weight is 435 g/mol. The van der Waals surface area contributed by atoms with Crippen LogP contribution in [0, 0.1) is 0 Å². The first-order valence-corrected chi connectivity index (χ1v) is 10.4. The van der Waals surface area contributed by atoms with Gasteiger partial charge < -0.3 is 26.3 Å². The summed E-state index contributed by atoms with van der Waals surface area (Å²) in [6.07, 6.45) is 3.59. The maximum atomic E-state index is 12.3. The SMILES string of the molecule is O=C(Nc1ccccc1)Nc1cccc(Nc2nccc(Nc3ccc4[nH]ccc4c3)n2)c1. The van der Waals surface area contributed by atoms with Crippen molar-refractivity contribution in [2.45, 2.75) is 0 Å². The molecule has 0 spiro atoms. The molecule has 0 radical (unpaired) electrons. The minimum Gasteiger partial charge on any atom is -0.361 e. The van der Waals surface area contributed by atoms with Gasteiger partial charge in [0.2, 0.25) is 5.95 Å². The third-order valence-corrected chi connectivity index (χ3v) is 4.89. The molecule has 0 unspecified atom stereocenters. The number of nitrogens with one attached hydrogen (secondary N) is 5. The molecule has 2 amide bonds. The lowest BCUT2D eigenvalue weighted by atomic mass is 10.2. The monoisotopic (exact) mass is 435 g/mol. The Morgan fingerprint density at radius 2 is 1.52 bits per heavy atom. The molecule has 162 valence electrons. The third kappa shape index (κ3) is 5.08. The van der Waals surface area contributed by atoms with Crippen LogP contribution in [0.2, 0.25) is 0 Å². The van der Waals surface area contributed by atoms with Gasteiger partial charge in [-0.3, -0.25) is 0 Å². The number of hydrogen-bond acceptors (Lipinski definition) is 5. The average Bonchev–Trinajstić information content (AvgIpc) is 3.28. The van der Waals surface area contributed by atoms with E-state index in [1.807, 2.05) is 79.0 Å². The molecule has 2 heterocycles. The van der Waals surface area contributed by atoms with E-state index in [2.05, 4.69) is 42.3 Å². The van der Waals surface area contributed by atoms with Crippen molar-refractivity contribution in [2.75, 3.05) is 21.3 Å². The van der Waals surface area contributed by atoms with Crippen LogP contribution in [0.5, 0.6) is 0 Å². The predicted molar refractivity (Wildman–Crippen MR) is 132 cm³/mol. The van der Waals surface area contributed by atoms with E-state index in [1.165, 1.54) is 0 Å². The topological polar surface area (TPSA) is 107 Å². The third-order valence-electron chi connectivity index (χ3n) is 4.89. The maximum Gasteiger partial charge on any atom is 0.323 e. The van der Waals surface area contributed by atoms with Gasteiger partial charge in [0.15, 0.2) is 0 Å². The van der Waals surface area contributed by atoms with Crippen LogP contribution in [0.1, 0.15) is 0 Å². The van der Waals surface area contributed by atoms with Crippen LogP contribution in [0.25, 0.3) is 10.9 Å². The highest BCUT2D eigenvalue weighted by Crippen LogP contribution is 2.23. The highest BCUT2D eigenvalue weighted by Gasteiger charge is 2.06. The van der Waals surface area contributed by atoms with Gasteiger partial charge in [-0.1, -0.05) is 24.3 Å². The van der Waals surface area contributed by atoms with Gasteiger partial charge in [0.25, 0.3) is 0 Å². The predicted octanol–water partition coefficient (Wildman–Crippen LogP) is 6.09. The highest BCUT2D eigenvalue weighted by atomic mass is 16.2. The molecule has 8 heteroatoms. The van der Waals surface area contributed by atoms with Crippen molar-refractivity contribution in [1.29, 1.82) is 0 Å². The van der Waals surface area contributed by atoms with E-state index in [9.17, 15) is 4.79 Å². The lowest BCUT2D eigenvalue weighted by Crippen LogP contribution is -2.19. The summed E-state index contributed by atoms with van der Waals surface area (Å²) in [5.74, 6) is 1.10. The zero-order valence-electron chi connectivity index (χ0n) is 17.5. The van der Waals surface area contributed by atoms with Gasteiger partial charge >= 0.3 is 6.03 Å². The number of aromatic nitrogens is 3. The van der Waals surface area contributed by atoms with E-state index in [1.54, 1.807) is 12.3 Å². The number of carbonyl (C=O) groups is 1. The Balaban J connectivity index is 1.25. The number of H-pyrrole nitrogens is 1. The normalized spacial score (nSPS) is 10.5.